The van der Waals surface area contributed by atoms with E-state index in [9.17, 15) is 0 Å². The lowest BCUT2D eigenvalue weighted by molar-refractivity contribution is 0.0544. The van der Waals surface area contributed by atoms with Crippen molar-refractivity contribution < 1.29 is 23.7 Å². The van der Waals surface area contributed by atoms with Crippen molar-refractivity contribution in [1.29, 1.82) is 0 Å². The van der Waals surface area contributed by atoms with Gasteiger partial charge in [-0.2, -0.15) is 0 Å². The minimum Gasteiger partial charge on any atom is -0.490 e. The number of methoxy groups -OCH3 is 1. The van der Waals surface area contributed by atoms with Crippen molar-refractivity contribution in [3.8, 4) is 17.2 Å². The highest BCUT2D eigenvalue weighted by Crippen LogP contribution is 2.42. The summed E-state index contributed by atoms with van der Waals surface area (Å²) in [6.45, 7) is 12.1. The first kappa shape index (κ1) is 21.0. The van der Waals surface area contributed by atoms with Gasteiger partial charge in [0.15, 0.2) is 11.5 Å². The summed E-state index contributed by atoms with van der Waals surface area (Å²) in [5.41, 5.74) is 0. The smallest absolute Gasteiger partial charge is 0.175 e. The van der Waals surface area contributed by atoms with Crippen LogP contribution in [0.25, 0.3) is 0 Å². The van der Waals surface area contributed by atoms with Crippen molar-refractivity contribution >= 4 is 22.7 Å². The van der Waals surface area contributed by atoms with Crippen molar-refractivity contribution in [3.63, 3.8) is 0 Å². The van der Waals surface area contributed by atoms with Crippen molar-refractivity contribution in [2.75, 3.05) is 46.8 Å². The third-order valence-electron chi connectivity index (χ3n) is 3.64. The molecule has 0 bridgehead atoms. The van der Waals surface area contributed by atoms with E-state index in [4.69, 9.17) is 23.7 Å². The Hall–Kier alpha value is -1.28. The molecule has 2 aromatic heterocycles. The lowest BCUT2D eigenvalue weighted by atomic mass is 10.3. The Labute approximate surface area is 163 Å². The summed E-state index contributed by atoms with van der Waals surface area (Å²) in [4.78, 5) is 4.95. The van der Waals surface area contributed by atoms with Gasteiger partial charge in [0, 0.05) is 26.6 Å². The number of aryl methyl sites for hydroxylation is 4. The lowest BCUT2D eigenvalue weighted by Crippen LogP contribution is -2.14. The predicted octanol–water partition coefficient (Wildman–Crippen LogP) is 4.54. The summed E-state index contributed by atoms with van der Waals surface area (Å²) < 4.78 is 26.7. The van der Waals surface area contributed by atoms with Crippen LogP contribution in [0.3, 0.4) is 0 Å². The SMILES string of the molecule is COCCOCCOc1cc(C)sc1C.Cc1sc(C)c2c1OCCO2. The van der Waals surface area contributed by atoms with Gasteiger partial charge in [-0.15, -0.1) is 22.7 Å². The Balaban J connectivity index is 0.000000195. The van der Waals surface area contributed by atoms with E-state index in [1.807, 2.05) is 0 Å². The van der Waals surface area contributed by atoms with E-state index >= 15 is 0 Å². The van der Waals surface area contributed by atoms with Crippen molar-refractivity contribution in [2.45, 2.75) is 27.7 Å². The van der Waals surface area contributed by atoms with Crippen LogP contribution in [0.15, 0.2) is 6.07 Å². The van der Waals surface area contributed by atoms with Gasteiger partial charge in [-0.05, 0) is 33.8 Å². The molecule has 0 fully saturated rings. The van der Waals surface area contributed by atoms with Crippen molar-refractivity contribution in [2.24, 2.45) is 0 Å². The lowest BCUT2D eigenvalue weighted by Gasteiger charge is -2.15. The van der Waals surface area contributed by atoms with Crippen LogP contribution >= 0.6 is 22.7 Å². The van der Waals surface area contributed by atoms with Gasteiger partial charge in [0.25, 0.3) is 0 Å². The standard InChI is InChI=1S/C11H18O3S.C8H10O2S/c1-9-8-11(10(2)15-9)14-7-6-13-5-4-12-3;1-5-7-8(6(2)11-5)10-4-3-9-7/h8H,4-7H2,1-3H3;3-4H2,1-2H3. The quantitative estimate of drug-likeness (QED) is 0.639. The fourth-order valence-electron chi connectivity index (χ4n) is 2.47. The first-order valence-corrected chi connectivity index (χ1v) is 10.3. The van der Waals surface area contributed by atoms with Crippen LogP contribution in [0.4, 0.5) is 0 Å². The fraction of sp³-hybridized carbons (Fsp3) is 0.579. The minimum absolute atomic E-state index is 0.598. The Bertz CT molecular complexity index is 651. The van der Waals surface area contributed by atoms with E-state index in [1.54, 1.807) is 29.8 Å². The molecule has 0 saturated carbocycles. The van der Waals surface area contributed by atoms with Gasteiger partial charge in [0.1, 0.15) is 25.6 Å². The largest absolute Gasteiger partial charge is 0.490 e. The molecule has 3 rings (SSSR count). The van der Waals surface area contributed by atoms with E-state index < -0.39 is 0 Å². The number of hydrogen-bond donors (Lipinski definition) is 0. The maximum atomic E-state index is 5.58. The van der Waals surface area contributed by atoms with E-state index in [2.05, 4.69) is 33.8 Å². The van der Waals surface area contributed by atoms with Gasteiger partial charge < -0.3 is 23.7 Å². The summed E-state index contributed by atoms with van der Waals surface area (Å²) in [7, 11) is 1.66. The Morgan fingerprint density at radius 1 is 0.846 bits per heavy atom. The molecule has 0 spiro atoms. The number of hydrogen-bond acceptors (Lipinski definition) is 7. The highest BCUT2D eigenvalue weighted by atomic mass is 32.1. The molecule has 0 aliphatic carbocycles. The Morgan fingerprint density at radius 2 is 1.46 bits per heavy atom. The second-order valence-corrected chi connectivity index (χ2v) is 8.69. The highest BCUT2D eigenvalue weighted by molar-refractivity contribution is 7.12. The number of fused-ring (bicyclic) bond motifs is 1. The summed E-state index contributed by atoms with van der Waals surface area (Å²) in [5.74, 6) is 2.89. The summed E-state index contributed by atoms with van der Waals surface area (Å²) in [6.07, 6.45) is 0. The number of thiophene rings is 2. The fourth-order valence-corrected chi connectivity index (χ4v) is 4.28. The third-order valence-corrected chi connectivity index (χ3v) is 5.57. The zero-order valence-electron chi connectivity index (χ0n) is 16.2. The molecule has 0 atom stereocenters. The molecule has 0 aromatic carbocycles. The van der Waals surface area contributed by atoms with Crippen LogP contribution in [-0.2, 0) is 9.47 Å². The van der Waals surface area contributed by atoms with E-state index in [0.717, 1.165) is 17.2 Å². The van der Waals surface area contributed by atoms with Crippen molar-refractivity contribution in [3.05, 3.63) is 25.6 Å². The molecule has 7 heteroatoms. The molecule has 26 heavy (non-hydrogen) atoms. The molecule has 1 aliphatic heterocycles. The molecule has 0 radical (unpaired) electrons. The predicted molar refractivity (Wildman–Crippen MR) is 107 cm³/mol. The van der Waals surface area contributed by atoms with Crippen LogP contribution in [0.1, 0.15) is 19.5 Å². The maximum Gasteiger partial charge on any atom is 0.175 e. The van der Waals surface area contributed by atoms with Crippen molar-refractivity contribution in [1.82, 2.24) is 0 Å². The minimum atomic E-state index is 0.598. The van der Waals surface area contributed by atoms with Crippen LogP contribution in [0.5, 0.6) is 17.2 Å². The molecule has 146 valence electrons. The van der Waals surface area contributed by atoms with E-state index in [1.165, 1.54) is 19.5 Å². The molecule has 2 aromatic rings. The first-order chi connectivity index (χ1) is 12.5. The molecule has 5 nitrogen and oxygen atoms in total. The normalized spacial score (nSPS) is 12.5. The molecule has 3 heterocycles. The number of rotatable bonds is 7. The zero-order chi connectivity index (χ0) is 18.9. The number of ether oxygens (including phenoxy) is 5. The topological polar surface area (TPSA) is 46.2 Å². The Kier molecular flexibility index (Phi) is 8.71. The van der Waals surface area contributed by atoms with Gasteiger partial charge in [-0.3, -0.25) is 0 Å². The Morgan fingerprint density at radius 3 is 2.00 bits per heavy atom. The molecule has 0 saturated heterocycles. The second kappa shape index (κ2) is 10.8. The third kappa shape index (κ3) is 6.16. The monoisotopic (exact) mass is 400 g/mol. The zero-order valence-corrected chi connectivity index (χ0v) is 17.8. The van der Waals surface area contributed by atoms with Gasteiger partial charge in [-0.1, -0.05) is 0 Å². The summed E-state index contributed by atoms with van der Waals surface area (Å²) in [6, 6.07) is 2.06. The molecule has 1 aliphatic rings. The molecule has 0 unspecified atom stereocenters. The van der Waals surface area contributed by atoms with Gasteiger partial charge in [0.05, 0.1) is 19.8 Å². The van der Waals surface area contributed by atoms with Crippen LogP contribution < -0.4 is 14.2 Å². The molecular formula is C19H28O5S2. The maximum absolute atomic E-state index is 5.58. The first-order valence-electron chi connectivity index (χ1n) is 8.65. The highest BCUT2D eigenvalue weighted by Gasteiger charge is 2.19. The molecular weight excluding hydrogens is 372 g/mol. The van der Waals surface area contributed by atoms with E-state index in [0.29, 0.717) is 39.6 Å². The molecule has 0 N–H and O–H groups in total. The summed E-state index contributed by atoms with van der Waals surface area (Å²) in [5, 5.41) is 0. The van der Waals surface area contributed by atoms with E-state index in [-0.39, 0.29) is 0 Å². The average Bonchev–Trinajstić information content (AvgIpc) is 3.10. The average molecular weight is 401 g/mol. The van der Waals surface area contributed by atoms with Crippen LogP contribution in [0, 0.1) is 27.7 Å². The van der Waals surface area contributed by atoms with Gasteiger partial charge >= 0.3 is 0 Å². The summed E-state index contributed by atoms with van der Waals surface area (Å²) >= 11 is 3.49. The second-order valence-electron chi connectivity index (χ2n) is 5.80. The van der Waals surface area contributed by atoms with Gasteiger partial charge in [-0.25, -0.2) is 0 Å². The van der Waals surface area contributed by atoms with Crippen LogP contribution in [-0.4, -0.2) is 46.8 Å². The van der Waals surface area contributed by atoms with Crippen LogP contribution in [0.2, 0.25) is 0 Å². The molecule has 0 amide bonds. The van der Waals surface area contributed by atoms with Gasteiger partial charge in [0.2, 0.25) is 0 Å².